The van der Waals surface area contributed by atoms with E-state index in [4.69, 9.17) is 20.8 Å². The predicted molar refractivity (Wildman–Crippen MR) is 110 cm³/mol. The van der Waals surface area contributed by atoms with E-state index in [1.807, 2.05) is 36.4 Å². The van der Waals surface area contributed by atoms with Crippen molar-refractivity contribution in [2.45, 2.75) is 0 Å². The molecule has 0 aliphatic heterocycles. The van der Waals surface area contributed by atoms with Crippen LogP contribution in [0.3, 0.4) is 0 Å². The van der Waals surface area contributed by atoms with E-state index in [0.717, 1.165) is 11.1 Å². The van der Waals surface area contributed by atoms with Crippen molar-refractivity contribution in [1.29, 1.82) is 0 Å². The molecule has 2 amide bonds. The molecule has 28 heavy (non-hydrogen) atoms. The summed E-state index contributed by atoms with van der Waals surface area (Å²) in [6.07, 6.45) is 0. The number of anilines is 2. The first-order chi connectivity index (χ1) is 13.6. The number of hydrogen-bond acceptors (Lipinski definition) is 4. The van der Waals surface area contributed by atoms with Crippen molar-refractivity contribution >= 4 is 40.1 Å². The third-order valence-electron chi connectivity index (χ3n) is 4.07. The average molecular weight is 394 g/mol. The van der Waals surface area contributed by atoms with Crippen molar-refractivity contribution in [3.05, 3.63) is 71.8 Å². The van der Waals surface area contributed by atoms with Crippen molar-refractivity contribution in [2.24, 2.45) is 0 Å². The molecule has 140 valence electrons. The van der Waals surface area contributed by atoms with E-state index in [1.54, 1.807) is 30.3 Å². The monoisotopic (exact) mass is 393 g/mol. The normalized spacial score (nSPS) is 10.6. The maximum Gasteiger partial charge on any atom is 0.323 e. The van der Waals surface area contributed by atoms with Crippen LogP contribution in [0.1, 0.15) is 0 Å². The van der Waals surface area contributed by atoms with Crippen molar-refractivity contribution in [3.8, 4) is 17.2 Å². The molecule has 0 fully saturated rings. The van der Waals surface area contributed by atoms with Gasteiger partial charge in [-0.15, -0.1) is 0 Å². The Labute approximate surface area is 166 Å². The molecule has 0 saturated carbocycles. The Hall–Kier alpha value is -3.51. The molecule has 6 nitrogen and oxygen atoms in total. The summed E-state index contributed by atoms with van der Waals surface area (Å²) in [7, 11) is 1.52. The average Bonchev–Trinajstić information content (AvgIpc) is 3.13. The first-order valence-electron chi connectivity index (χ1n) is 8.50. The SMILES string of the molecule is COc1ccc(Cl)cc1NC(=O)Nc1cccc(-c2nc3ccccc3o2)c1. The Morgan fingerprint density at radius 3 is 2.71 bits per heavy atom. The highest BCUT2D eigenvalue weighted by Gasteiger charge is 2.11. The number of benzene rings is 3. The summed E-state index contributed by atoms with van der Waals surface area (Å²) in [5.41, 5.74) is 3.32. The van der Waals surface area contributed by atoms with Gasteiger partial charge in [-0.1, -0.05) is 29.8 Å². The van der Waals surface area contributed by atoms with E-state index < -0.39 is 6.03 Å². The van der Waals surface area contributed by atoms with Crippen LogP contribution in [-0.4, -0.2) is 18.1 Å². The van der Waals surface area contributed by atoms with Gasteiger partial charge in [0, 0.05) is 16.3 Å². The van der Waals surface area contributed by atoms with Gasteiger partial charge >= 0.3 is 6.03 Å². The number of hydrogen-bond donors (Lipinski definition) is 2. The van der Waals surface area contributed by atoms with Crippen molar-refractivity contribution < 1.29 is 13.9 Å². The third-order valence-corrected chi connectivity index (χ3v) is 4.31. The van der Waals surface area contributed by atoms with Crippen LogP contribution in [0.25, 0.3) is 22.6 Å². The minimum Gasteiger partial charge on any atom is -0.495 e. The lowest BCUT2D eigenvalue weighted by Gasteiger charge is -2.12. The smallest absolute Gasteiger partial charge is 0.323 e. The first kappa shape index (κ1) is 17.9. The number of carbonyl (C=O) groups excluding carboxylic acids is 1. The van der Waals surface area contributed by atoms with Crippen LogP contribution in [0.15, 0.2) is 71.1 Å². The van der Waals surface area contributed by atoms with Crippen LogP contribution in [-0.2, 0) is 0 Å². The lowest BCUT2D eigenvalue weighted by molar-refractivity contribution is 0.262. The number of nitrogens with zero attached hydrogens (tertiary/aromatic N) is 1. The van der Waals surface area contributed by atoms with Crippen molar-refractivity contribution in [3.63, 3.8) is 0 Å². The molecule has 0 spiro atoms. The summed E-state index contributed by atoms with van der Waals surface area (Å²) < 4.78 is 11.0. The summed E-state index contributed by atoms with van der Waals surface area (Å²) >= 11 is 5.99. The van der Waals surface area contributed by atoms with Crippen LogP contribution in [0.5, 0.6) is 5.75 Å². The quantitative estimate of drug-likeness (QED) is 0.459. The van der Waals surface area contributed by atoms with Crippen LogP contribution in [0, 0.1) is 0 Å². The molecule has 0 radical (unpaired) electrons. The fourth-order valence-corrected chi connectivity index (χ4v) is 2.96. The predicted octanol–water partition coefficient (Wildman–Crippen LogP) is 5.80. The zero-order valence-corrected chi connectivity index (χ0v) is 15.7. The molecule has 0 aliphatic carbocycles. The number of aromatic nitrogens is 1. The molecule has 4 rings (SSSR count). The van der Waals surface area contributed by atoms with E-state index in [0.29, 0.717) is 33.6 Å². The summed E-state index contributed by atoms with van der Waals surface area (Å²) in [4.78, 5) is 16.9. The van der Waals surface area contributed by atoms with E-state index in [1.165, 1.54) is 7.11 Å². The number of nitrogens with one attached hydrogen (secondary N) is 2. The molecule has 1 aromatic heterocycles. The van der Waals surface area contributed by atoms with Gasteiger partial charge in [-0.2, -0.15) is 0 Å². The second-order valence-corrected chi connectivity index (χ2v) is 6.43. The highest BCUT2D eigenvalue weighted by molar-refractivity contribution is 6.31. The number of fused-ring (bicyclic) bond motifs is 1. The van der Waals surface area contributed by atoms with Gasteiger partial charge in [0.2, 0.25) is 5.89 Å². The third kappa shape index (κ3) is 3.77. The fourth-order valence-electron chi connectivity index (χ4n) is 2.79. The molecule has 0 aliphatic rings. The molecule has 2 N–H and O–H groups in total. The molecule has 0 saturated heterocycles. The van der Waals surface area contributed by atoms with Crippen molar-refractivity contribution in [1.82, 2.24) is 4.98 Å². The number of ether oxygens (including phenoxy) is 1. The zero-order chi connectivity index (χ0) is 19.5. The molecule has 7 heteroatoms. The molecule has 3 aromatic carbocycles. The number of para-hydroxylation sites is 2. The van der Waals surface area contributed by atoms with Gasteiger partial charge in [0.15, 0.2) is 5.58 Å². The summed E-state index contributed by atoms with van der Waals surface area (Å²) in [6, 6.07) is 19.4. The van der Waals surface area contributed by atoms with Gasteiger partial charge in [-0.25, -0.2) is 9.78 Å². The zero-order valence-electron chi connectivity index (χ0n) is 14.9. The molecule has 1 heterocycles. The van der Waals surface area contributed by atoms with Crippen LogP contribution in [0.4, 0.5) is 16.2 Å². The Kier molecular flexibility index (Phi) is 4.87. The maximum absolute atomic E-state index is 12.4. The van der Waals surface area contributed by atoms with E-state index in [9.17, 15) is 4.79 Å². The highest BCUT2D eigenvalue weighted by Crippen LogP contribution is 2.29. The maximum atomic E-state index is 12.4. The summed E-state index contributed by atoms with van der Waals surface area (Å²) in [6.45, 7) is 0. The standard InChI is InChI=1S/C21H16ClN3O3/c1-27-18-10-9-14(22)12-17(18)25-21(26)23-15-6-4-5-13(11-15)20-24-16-7-2-3-8-19(16)28-20/h2-12H,1H3,(H2,23,25,26). The van der Waals surface area contributed by atoms with Crippen LogP contribution in [0.2, 0.25) is 5.02 Å². The lowest BCUT2D eigenvalue weighted by Crippen LogP contribution is -2.19. The number of methoxy groups -OCH3 is 1. The summed E-state index contributed by atoms with van der Waals surface area (Å²) in [5.74, 6) is 1.00. The van der Waals surface area contributed by atoms with Gasteiger partial charge in [-0.3, -0.25) is 0 Å². The molecular formula is C21H16ClN3O3. The highest BCUT2D eigenvalue weighted by atomic mass is 35.5. The van der Waals surface area contributed by atoms with Crippen molar-refractivity contribution in [2.75, 3.05) is 17.7 Å². The van der Waals surface area contributed by atoms with E-state index >= 15 is 0 Å². The number of oxazole rings is 1. The van der Waals surface area contributed by atoms with Crippen LogP contribution >= 0.6 is 11.6 Å². The minimum atomic E-state index is -0.421. The molecule has 4 aromatic rings. The Morgan fingerprint density at radius 1 is 1.04 bits per heavy atom. The first-order valence-corrected chi connectivity index (χ1v) is 8.88. The van der Waals surface area contributed by atoms with E-state index in [-0.39, 0.29) is 0 Å². The second kappa shape index (κ2) is 7.62. The van der Waals surface area contributed by atoms with Crippen LogP contribution < -0.4 is 15.4 Å². The number of carbonyl (C=O) groups is 1. The number of rotatable bonds is 4. The van der Waals surface area contributed by atoms with Gasteiger partial charge in [0.1, 0.15) is 11.3 Å². The number of halogens is 1. The van der Waals surface area contributed by atoms with Gasteiger partial charge in [0.05, 0.1) is 12.8 Å². The fraction of sp³-hybridized carbons (Fsp3) is 0.0476. The van der Waals surface area contributed by atoms with Gasteiger partial charge in [0.25, 0.3) is 0 Å². The Bertz CT molecular complexity index is 1120. The van der Waals surface area contributed by atoms with Gasteiger partial charge < -0.3 is 19.8 Å². The minimum absolute atomic E-state index is 0.421. The Balaban J connectivity index is 1.53. The number of amides is 2. The Morgan fingerprint density at radius 2 is 1.89 bits per heavy atom. The molecular weight excluding hydrogens is 378 g/mol. The molecule has 0 bridgehead atoms. The largest absolute Gasteiger partial charge is 0.495 e. The van der Waals surface area contributed by atoms with Gasteiger partial charge in [-0.05, 0) is 48.5 Å². The lowest BCUT2D eigenvalue weighted by atomic mass is 10.2. The summed E-state index contributed by atoms with van der Waals surface area (Å²) in [5, 5.41) is 6.01. The number of urea groups is 1. The topological polar surface area (TPSA) is 76.4 Å². The second-order valence-electron chi connectivity index (χ2n) is 5.99. The van der Waals surface area contributed by atoms with E-state index in [2.05, 4.69) is 15.6 Å². The molecule has 0 atom stereocenters. The molecule has 0 unspecified atom stereocenters.